The van der Waals surface area contributed by atoms with Crippen LogP contribution in [0.4, 0.5) is 0 Å². The van der Waals surface area contributed by atoms with Crippen LogP contribution in [0.1, 0.15) is 18.6 Å². The van der Waals surface area contributed by atoms with Gasteiger partial charge < -0.3 is 19.4 Å². The van der Waals surface area contributed by atoms with Gasteiger partial charge in [0.15, 0.2) is 5.96 Å². The number of likely N-dealkylation sites (tertiary alicyclic amines) is 1. The van der Waals surface area contributed by atoms with Gasteiger partial charge in [0.05, 0.1) is 13.2 Å². The summed E-state index contributed by atoms with van der Waals surface area (Å²) < 4.78 is 11.6. The Kier molecular flexibility index (Phi) is 6.24. The molecule has 1 N–H and O–H groups in total. The van der Waals surface area contributed by atoms with E-state index >= 15 is 0 Å². The van der Waals surface area contributed by atoms with E-state index in [-0.39, 0.29) is 24.0 Å². The van der Waals surface area contributed by atoms with E-state index < -0.39 is 0 Å². The van der Waals surface area contributed by atoms with E-state index in [4.69, 9.17) is 9.15 Å². The van der Waals surface area contributed by atoms with E-state index in [1.807, 2.05) is 37.4 Å². The predicted molar refractivity (Wildman–Crippen MR) is 114 cm³/mol. The number of ether oxygens (including phenoxy) is 1. The van der Waals surface area contributed by atoms with Crippen LogP contribution < -0.4 is 5.32 Å². The maximum Gasteiger partial charge on any atom is 0.194 e. The van der Waals surface area contributed by atoms with Crippen LogP contribution in [0, 0.1) is 5.41 Å². The van der Waals surface area contributed by atoms with Gasteiger partial charge in [-0.1, -0.05) is 30.3 Å². The number of rotatable bonds is 3. The molecule has 1 atom stereocenters. The SMILES string of the molecule is CN=C(NCc1ccc(-c2ccccc2)o1)N1CCC2(CCOC2)C1.I. The molecule has 2 aliphatic rings. The summed E-state index contributed by atoms with van der Waals surface area (Å²) in [6.45, 7) is 4.49. The van der Waals surface area contributed by atoms with Crippen LogP contribution in [-0.4, -0.2) is 44.2 Å². The molecule has 6 heteroatoms. The van der Waals surface area contributed by atoms with Crippen LogP contribution in [-0.2, 0) is 11.3 Å². The molecular weight excluding hydrogens is 441 g/mol. The average Bonchev–Trinajstić information content (AvgIpc) is 3.39. The van der Waals surface area contributed by atoms with Gasteiger partial charge in [0.2, 0.25) is 0 Å². The second-order valence-electron chi connectivity index (χ2n) is 7.01. The van der Waals surface area contributed by atoms with E-state index in [1.165, 1.54) is 12.8 Å². The summed E-state index contributed by atoms with van der Waals surface area (Å²) >= 11 is 0. The van der Waals surface area contributed by atoms with Crippen molar-refractivity contribution in [1.29, 1.82) is 0 Å². The van der Waals surface area contributed by atoms with Crippen LogP contribution in [0.2, 0.25) is 0 Å². The lowest BCUT2D eigenvalue weighted by Gasteiger charge is -2.24. The van der Waals surface area contributed by atoms with Crippen molar-refractivity contribution in [2.45, 2.75) is 19.4 Å². The Morgan fingerprint density at radius 1 is 1.19 bits per heavy atom. The quantitative estimate of drug-likeness (QED) is 0.425. The second-order valence-corrected chi connectivity index (χ2v) is 7.01. The topological polar surface area (TPSA) is 50.0 Å². The molecule has 2 fully saturated rings. The Bertz CT molecular complexity index is 739. The molecule has 26 heavy (non-hydrogen) atoms. The van der Waals surface area contributed by atoms with Gasteiger partial charge in [0.25, 0.3) is 0 Å². The number of hydrogen-bond donors (Lipinski definition) is 1. The van der Waals surface area contributed by atoms with Crippen LogP contribution in [0.25, 0.3) is 11.3 Å². The fraction of sp³-hybridized carbons (Fsp3) is 0.450. The minimum atomic E-state index is 0. The van der Waals surface area contributed by atoms with E-state index in [1.54, 1.807) is 0 Å². The molecule has 0 amide bonds. The highest BCUT2D eigenvalue weighted by Gasteiger charge is 2.42. The van der Waals surface area contributed by atoms with Crippen molar-refractivity contribution in [3.8, 4) is 11.3 Å². The molecule has 1 unspecified atom stereocenters. The molecule has 0 bridgehead atoms. The van der Waals surface area contributed by atoms with Gasteiger partial charge in [-0.2, -0.15) is 0 Å². The first-order valence-electron chi connectivity index (χ1n) is 8.96. The Morgan fingerprint density at radius 2 is 2.04 bits per heavy atom. The second kappa shape index (κ2) is 8.43. The highest BCUT2D eigenvalue weighted by molar-refractivity contribution is 14.0. The zero-order valence-electron chi connectivity index (χ0n) is 15.1. The van der Waals surface area contributed by atoms with Crippen LogP contribution >= 0.6 is 24.0 Å². The van der Waals surface area contributed by atoms with E-state index in [9.17, 15) is 0 Å². The predicted octanol–water partition coefficient (Wildman–Crippen LogP) is 3.75. The number of furan rings is 1. The highest BCUT2D eigenvalue weighted by atomic mass is 127. The number of guanidine groups is 1. The third kappa shape index (κ3) is 4.06. The molecule has 1 aromatic heterocycles. The van der Waals surface area contributed by atoms with Crippen LogP contribution in [0.5, 0.6) is 0 Å². The Balaban J connectivity index is 0.00000196. The Hall–Kier alpha value is -1.54. The van der Waals surface area contributed by atoms with Gasteiger partial charge in [0, 0.05) is 37.7 Å². The number of nitrogens with zero attached hydrogens (tertiary/aromatic N) is 2. The summed E-state index contributed by atoms with van der Waals surface area (Å²) in [6.07, 6.45) is 2.35. The third-order valence-electron chi connectivity index (χ3n) is 5.28. The maximum absolute atomic E-state index is 5.96. The van der Waals surface area contributed by atoms with Gasteiger partial charge in [-0.15, -0.1) is 24.0 Å². The lowest BCUT2D eigenvalue weighted by Crippen LogP contribution is -2.41. The Labute approximate surface area is 171 Å². The highest BCUT2D eigenvalue weighted by Crippen LogP contribution is 2.38. The smallest absolute Gasteiger partial charge is 0.194 e. The molecule has 1 aromatic carbocycles. The summed E-state index contributed by atoms with van der Waals surface area (Å²) in [5, 5.41) is 3.44. The number of benzene rings is 1. The fourth-order valence-corrected chi connectivity index (χ4v) is 3.82. The molecule has 2 aromatic rings. The van der Waals surface area contributed by atoms with Crippen molar-refractivity contribution in [1.82, 2.24) is 10.2 Å². The van der Waals surface area contributed by atoms with E-state index in [2.05, 4.69) is 27.3 Å². The van der Waals surface area contributed by atoms with Crippen molar-refractivity contribution < 1.29 is 9.15 Å². The van der Waals surface area contributed by atoms with Gasteiger partial charge in [-0.05, 0) is 25.0 Å². The lowest BCUT2D eigenvalue weighted by molar-refractivity contribution is 0.156. The number of nitrogens with one attached hydrogen (secondary N) is 1. The van der Waals surface area contributed by atoms with Crippen molar-refractivity contribution in [3.05, 3.63) is 48.2 Å². The largest absolute Gasteiger partial charge is 0.459 e. The van der Waals surface area contributed by atoms with Crippen molar-refractivity contribution in [2.75, 3.05) is 33.4 Å². The zero-order valence-corrected chi connectivity index (χ0v) is 17.4. The molecule has 0 aliphatic carbocycles. The summed E-state index contributed by atoms with van der Waals surface area (Å²) in [5.74, 6) is 2.76. The fourth-order valence-electron chi connectivity index (χ4n) is 3.82. The monoisotopic (exact) mass is 467 g/mol. The summed E-state index contributed by atoms with van der Waals surface area (Å²) in [7, 11) is 1.84. The summed E-state index contributed by atoms with van der Waals surface area (Å²) in [5.41, 5.74) is 1.43. The first kappa shape index (κ1) is 19.2. The number of aliphatic imine (C=N–C) groups is 1. The molecule has 5 nitrogen and oxygen atoms in total. The maximum atomic E-state index is 5.96. The lowest BCUT2D eigenvalue weighted by atomic mass is 9.87. The van der Waals surface area contributed by atoms with Crippen molar-refractivity contribution in [3.63, 3.8) is 0 Å². The molecule has 3 heterocycles. The summed E-state index contributed by atoms with van der Waals surface area (Å²) in [4.78, 5) is 6.80. The van der Waals surface area contributed by atoms with Crippen molar-refractivity contribution in [2.24, 2.45) is 10.4 Å². The molecule has 0 radical (unpaired) electrons. The average molecular weight is 467 g/mol. The molecule has 4 rings (SSSR count). The molecule has 1 spiro atoms. The van der Waals surface area contributed by atoms with Gasteiger partial charge >= 0.3 is 0 Å². The first-order valence-corrected chi connectivity index (χ1v) is 8.96. The van der Waals surface area contributed by atoms with E-state index in [0.29, 0.717) is 12.0 Å². The third-order valence-corrected chi connectivity index (χ3v) is 5.28. The standard InChI is InChI=1S/C20H25N3O2.HI/c1-21-19(23-11-9-20(14-23)10-12-24-15-20)22-13-17-7-8-18(25-17)16-5-3-2-4-6-16;/h2-8H,9-15H2,1H3,(H,21,22);1H. The molecule has 2 saturated heterocycles. The van der Waals surface area contributed by atoms with Crippen molar-refractivity contribution >= 4 is 29.9 Å². The first-order chi connectivity index (χ1) is 12.3. The van der Waals surface area contributed by atoms with Crippen LogP contribution in [0.3, 0.4) is 0 Å². The minimum Gasteiger partial charge on any atom is -0.459 e. The number of halogens is 1. The van der Waals surface area contributed by atoms with Gasteiger partial charge in [-0.3, -0.25) is 4.99 Å². The minimum absolute atomic E-state index is 0. The molecule has 140 valence electrons. The van der Waals surface area contributed by atoms with Gasteiger partial charge in [0.1, 0.15) is 11.5 Å². The summed E-state index contributed by atoms with van der Waals surface area (Å²) in [6, 6.07) is 14.2. The van der Waals surface area contributed by atoms with E-state index in [0.717, 1.165) is 49.3 Å². The number of hydrogen-bond acceptors (Lipinski definition) is 3. The molecular formula is C20H26IN3O2. The molecule has 0 saturated carbocycles. The Morgan fingerprint density at radius 3 is 2.77 bits per heavy atom. The van der Waals surface area contributed by atoms with Crippen LogP contribution in [0.15, 0.2) is 51.9 Å². The molecule has 2 aliphatic heterocycles. The zero-order chi connectivity index (χ0) is 17.1. The van der Waals surface area contributed by atoms with Gasteiger partial charge in [-0.25, -0.2) is 0 Å². The normalized spacial score (nSPS) is 22.7.